The number of hydrogen-bond donors (Lipinski definition) is 3. The van der Waals surface area contributed by atoms with Gasteiger partial charge in [0.1, 0.15) is 24.5 Å². The third kappa shape index (κ3) is 7.00. The van der Waals surface area contributed by atoms with Gasteiger partial charge in [-0.2, -0.15) is 0 Å². The van der Waals surface area contributed by atoms with Gasteiger partial charge in [-0.05, 0) is 67.9 Å². The van der Waals surface area contributed by atoms with Crippen LogP contribution in [0.3, 0.4) is 0 Å². The predicted octanol–water partition coefficient (Wildman–Crippen LogP) is 5.63. The van der Waals surface area contributed by atoms with E-state index < -0.39 is 6.09 Å². The van der Waals surface area contributed by atoms with E-state index in [1.54, 1.807) is 11.2 Å². The van der Waals surface area contributed by atoms with E-state index in [9.17, 15) is 9.59 Å². The number of nitrogens with zero attached hydrogens (tertiary/aromatic N) is 4. The number of aromatic nitrogens is 4. The van der Waals surface area contributed by atoms with Gasteiger partial charge in [0.15, 0.2) is 0 Å². The summed E-state index contributed by atoms with van der Waals surface area (Å²) in [5.74, 6) is 2.29. The first kappa shape index (κ1) is 28.1. The van der Waals surface area contributed by atoms with Gasteiger partial charge >= 0.3 is 6.09 Å². The van der Waals surface area contributed by atoms with Crippen LogP contribution >= 0.6 is 0 Å². The fraction of sp³-hybridized carbons (Fsp3) is 0.387. The van der Waals surface area contributed by atoms with Crippen LogP contribution in [0.5, 0.6) is 0 Å². The third-order valence-corrected chi connectivity index (χ3v) is 7.74. The number of methoxy groups -OCH3 is 1. The zero-order valence-corrected chi connectivity index (χ0v) is 23.6. The lowest BCUT2D eigenvalue weighted by molar-refractivity contribution is -0.130. The molecule has 1 saturated carbocycles. The molecule has 41 heavy (non-hydrogen) atoms. The number of imidazole rings is 1. The van der Waals surface area contributed by atoms with Gasteiger partial charge in [-0.25, -0.2) is 19.7 Å². The van der Waals surface area contributed by atoms with Crippen LogP contribution in [0.15, 0.2) is 61.1 Å². The van der Waals surface area contributed by atoms with Crippen molar-refractivity contribution in [3.8, 4) is 0 Å². The fourth-order valence-corrected chi connectivity index (χ4v) is 5.56. The summed E-state index contributed by atoms with van der Waals surface area (Å²) in [7, 11) is 1.28. The molecule has 5 rings (SSSR count). The molecule has 4 aromatic rings. The van der Waals surface area contributed by atoms with Crippen LogP contribution in [0.25, 0.3) is 10.9 Å². The van der Waals surface area contributed by atoms with Crippen molar-refractivity contribution in [2.45, 2.75) is 57.4 Å². The lowest BCUT2D eigenvalue weighted by atomic mass is 9.77. The fourth-order valence-electron chi connectivity index (χ4n) is 5.56. The number of H-pyrrole nitrogens is 1. The highest BCUT2D eigenvalue weighted by molar-refractivity contribution is 5.91. The second-order valence-corrected chi connectivity index (χ2v) is 10.5. The molecule has 1 aliphatic carbocycles. The summed E-state index contributed by atoms with van der Waals surface area (Å²) in [6, 6.07) is 16.6. The largest absolute Gasteiger partial charge is 0.453 e. The normalized spacial score (nSPS) is 16.7. The minimum absolute atomic E-state index is 0.102. The maximum Gasteiger partial charge on any atom is 0.407 e. The Kier molecular flexibility index (Phi) is 9.08. The minimum atomic E-state index is -0.619. The summed E-state index contributed by atoms with van der Waals surface area (Å²) in [5.41, 5.74) is 4.37. The SMILES string of the molecule is CCCN(Cc1ncc(C2CCC(c3ccc4ncnc(Nc5ccccc5)c4c3)CC2)[nH]1)C(=O)CNC(=O)OC. The number of aromatic amines is 1. The van der Waals surface area contributed by atoms with Crippen molar-refractivity contribution in [2.24, 2.45) is 0 Å². The molecule has 2 aromatic carbocycles. The monoisotopic (exact) mass is 555 g/mol. The molecule has 3 N–H and O–H groups in total. The zero-order valence-electron chi connectivity index (χ0n) is 23.6. The molecule has 2 aromatic heterocycles. The summed E-state index contributed by atoms with van der Waals surface area (Å²) >= 11 is 0. The molecule has 2 amide bonds. The van der Waals surface area contributed by atoms with Gasteiger partial charge in [-0.3, -0.25) is 4.79 Å². The first-order valence-electron chi connectivity index (χ1n) is 14.2. The number of nitrogens with one attached hydrogen (secondary N) is 3. The number of benzene rings is 2. The molecule has 0 spiro atoms. The van der Waals surface area contributed by atoms with Gasteiger partial charge in [-0.1, -0.05) is 31.2 Å². The Morgan fingerprint density at radius 2 is 1.80 bits per heavy atom. The van der Waals surface area contributed by atoms with E-state index in [1.165, 1.54) is 12.7 Å². The Hall–Kier alpha value is -4.47. The van der Waals surface area contributed by atoms with E-state index in [1.807, 2.05) is 43.5 Å². The topological polar surface area (TPSA) is 125 Å². The molecule has 0 radical (unpaired) electrons. The Balaban J connectivity index is 1.21. The number of alkyl carbamates (subject to hydrolysis) is 1. The highest BCUT2D eigenvalue weighted by Gasteiger charge is 2.26. The van der Waals surface area contributed by atoms with Crippen molar-refractivity contribution in [3.63, 3.8) is 0 Å². The van der Waals surface area contributed by atoms with Gasteiger partial charge in [0, 0.05) is 35.4 Å². The van der Waals surface area contributed by atoms with Gasteiger partial charge in [0.2, 0.25) is 5.91 Å². The van der Waals surface area contributed by atoms with Crippen molar-refractivity contribution in [1.82, 2.24) is 30.2 Å². The van der Waals surface area contributed by atoms with E-state index in [0.29, 0.717) is 24.9 Å². The summed E-state index contributed by atoms with van der Waals surface area (Å²) in [5, 5.41) is 6.93. The first-order chi connectivity index (χ1) is 20.0. The molecular formula is C31H37N7O3. The summed E-state index contributed by atoms with van der Waals surface area (Å²) in [6.45, 7) is 2.88. The van der Waals surface area contributed by atoms with E-state index in [4.69, 9.17) is 0 Å². The number of carbonyl (C=O) groups excluding carboxylic acids is 2. The molecule has 1 aliphatic rings. The van der Waals surface area contributed by atoms with Crippen LogP contribution in [0.2, 0.25) is 0 Å². The molecule has 0 unspecified atom stereocenters. The quantitative estimate of drug-likeness (QED) is 0.231. The number of ether oxygens (including phenoxy) is 1. The van der Waals surface area contributed by atoms with Crippen LogP contribution in [0.4, 0.5) is 16.3 Å². The molecule has 0 atom stereocenters. The van der Waals surface area contributed by atoms with Gasteiger partial charge in [0.05, 0.1) is 19.2 Å². The van der Waals surface area contributed by atoms with Crippen molar-refractivity contribution < 1.29 is 14.3 Å². The summed E-state index contributed by atoms with van der Waals surface area (Å²) in [6.07, 6.45) is 8.00. The maximum atomic E-state index is 12.6. The van der Waals surface area contributed by atoms with Gasteiger partial charge in [0.25, 0.3) is 0 Å². The minimum Gasteiger partial charge on any atom is -0.453 e. The van der Waals surface area contributed by atoms with Crippen molar-refractivity contribution in [1.29, 1.82) is 0 Å². The highest BCUT2D eigenvalue weighted by atomic mass is 16.5. The van der Waals surface area contributed by atoms with E-state index >= 15 is 0 Å². The summed E-state index contributed by atoms with van der Waals surface area (Å²) in [4.78, 5) is 42.8. The number of para-hydroxylation sites is 1. The zero-order chi connectivity index (χ0) is 28.6. The number of amides is 2. The summed E-state index contributed by atoms with van der Waals surface area (Å²) < 4.78 is 4.56. The number of anilines is 2. The number of fused-ring (bicyclic) bond motifs is 1. The first-order valence-corrected chi connectivity index (χ1v) is 14.2. The Morgan fingerprint density at radius 3 is 2.56 bits per heavy atom. The van der Waals surface area contributed by atoms with Crippen molar-refractivity contribution >= 4 is 34.4 Å². The number of hydrogen-bond acceptors (Lipinski definition) is 7. The van der Waals surface area contributed by atoms with Crippen LogP contribution in [0, 0.1) is 0 Å². The number of carbonyl (C=O) groups is 2. The van der Waals surface area contributed by atoms with Crippen LogP contribution in [-0.4, -0.2) is 57.0 Å². The average molecular weight is 556 g/mol. The second kappa shape index (κ2) is 13.3. The number of rotatable bonds is 10. The van der Waals surface area contributed by atoms with E-state index in [2.05, 4.69) is 53.5 Å². The average Bonchev–Trinajstić information content (AvgIpc) is 3.48. The Morgan fingerprint density at radius 1 is 1.02 bits per heavy atom. The molecule has 1 fully saturated rings. The lowest BCUT2D eigenvalue weighted by Crippen LogP contribution is -2.40. The van der Waals surface area contributed by atoms with Crippen LogP contribution in [-0.2, 0) is 16.1 Å². The Labute approximate surface area is 239 Å². The predicted molar refractivity (Wildman–Crippen MR) is 158 cm³/mol. The Bertz CT molecular complexity index is 1470. The molecule has 0 bridgehead atoms. The molecule has 10 heteroatoms. The maximum absolute atomic E-state index is 12.6. The van der Waals surface area contributed by atoms with E-state index in [-0.39, 0.29) is 12.5 Å². The molecule has 10 nitrogen and oxygen atoms in total. The second-order valence-electron chi connectivity index (χ2n) is 10.5. The van der Waals surface area contributed by atoms with Gasteiger partial charge < -0.3 is 25.3 Å². The van der Waals surface area contributed by atoms with E-state index in [0.717, 1.165) is 66.0 Å². The molecule has 2 heterocycles. The van der Waals surface area contributed by atoms with Crippen molar-refractivity contribution in [3.05, 3.63) is 78.1 Å². The molecule has 0 aliphatic heterocycles. The standard InChI is InChI=1S/C31H37N7O3/c1-3-15-38(29(39)18-33-31(40)41-2)19-28-32-17-27(37-28)22-11-9-21(10-12-22)23-13-14-26-25(16-23)30(35-20-34-26)36-24-7-5-4-6-8-24/h4-8,13-14,16-17,20-22H,3,9-12,15,18-19H2,1-2H3,(H,32,37)(H,33,40)(H,34,35,36). The van der Waals surface area contributed by atoms with Crippen LogP contribution < -0.4 is 10.6 Å². The van der Waals surface area contributed by atoms with Gasteiger partial charge in [-0.15, -0.1) is 0 Å². The lowest BCUT2D eigenvalue weighted by Gasteiger charge is -2.28. The molecule has 0 saturated heterocycles. The molecular weight excluding hydrogens is 518 g/mol. The smallest absolute Gasteiger partial charge is 0.407 e. The van der Waals surface area contributed by atoms with Crippen LogP contribution in [0.1, 0.15) is 67.9 Å². The van der Waals surface area contributed by atoms with Crippen molar-refractivity contribution in [2.75, 3.05) is 25.5 Å². The highest BCUT2D eigenvalue weighted by Crippen LogP contribution is 2.41. The molecule has 214 valence electrons. The third-order valence-electron chi connectivity index (χ3n) is 7.74.